The van der Waals surface area contributed by atoms with Gasteiger partial charge in [-0.1, -0.05) is 70.2 Å². The van der Waals surface area contributed by atoms with E-state index in [0.717, 1.165) is 173 Å². The highest BCUT2D eigenvalue weighted by atomic mass is 35.5. The van der Waals surface area contributed by atoms with Gasteiger partial charge >= 0.3 is 0 Å². The molecule has 0 spiro atoms. The van der Waals surface area contributed by atoms with E-state index < -0.39 is 31.3 Å². The van der Waals surface area contributed by atoms with E-state index >= 15 is 0 Å². The molecule has 12 N–H and O–H groups in total. The minimum atomic E-state index is -3.34. The summed E-state index contributed by atoms with van der Waals surface area (Å²) >= 11 is 12.7. The lowest BCUT2D eigenvalue weighted by molar-refractivity contribution is -0.128. The van der Waals surface area contributed by atoms with Crippen molar-refractivity contribution >= 4 is 190 Å². The number of rotatable bonds is 28. The number of sulfone groups is 1. The van der Waals surface area contributed by atoms with Crippen LogP contribution < -0.4 is 77.4 Å². The van der Waals surface area contributed by atoms with Crippen molar-refractivity contribution < 1.29 is 50.6 Å². The molecule has 7 fully saturated rings. The smallest absolute Gasteiger partial charge is 0.231 e. The first-order valence-electron chi connectivity index (χ1n) is 45.8. The number of hydrogen-bond acceptors (Lipinski definition) is 29. The number of benzene rings is 4. The first-order valence-corrected chi connectivity index (χ1v) is 54.7. The molecule has 0 bridgehead atoms. The molecule has 34 nitrogen and oxygen atoms in total. The summed E-state index contributed by atoms with van der Waals surface area (Å²) in [5, 5.41) is 34.0. The number of amides is 1. The predicted octanol–water partition coefficient (Wildman–Crippen LogP) is 17.0. The van der Waals surface area contributed by atoms with Gasteiger partial charge in [-0.25, -0.2) is 8.42 Å². The quantitative estimate of drug-likeness (QED) is 0.0203. The molecule has 12 aromatic rings. The van der Waals surface area contributed by atoms with Gasteiger partial charge in [-0.15, -0.1) is 0 Å². The van der Waals surface area contributed by atoms with E-state index in [2.05, 4.69) is 137 Å². The molecule has 1 amide bonds. The number of nitrogens with one attached hydrogen (secondary N) is 12. The van der Waals surface area contributed by atoms with E-state index in [1.165, 1.54) is 77.0 Å². The Morgan fingerprint density at radius 2 is 0.820 bits per heavy atom. The number of hydrogen-bond donors (Lipinski definition) is 12. The number of carbonyl (C=O) groups is 1. The van der Waals surface area contributed by atoms with Crippen LogP contribution in [0, 0.1) is 25.7 Å². The lowest BCUT2D eigenvalue weighted by Gasteiger charge is -2.32. The van der Waals surface area contributed by atoms with Gasteiger partial charge in [0, 0.05) is 174 Å². The van der Waals surface area contributed by atoms with Gasteiger partial charge in [0.05, 0.1) is 100 Å². The average Bonchev–Trinajstić information content (AvgIpc) is 1.78. The fraction of sp³-hybridized carbons (Fsp3) is 0.473. The van der Waals surface area contributed by atoms with Gasteiger partial charge in [-0.05, 0) is 148 Å². The van der Waals surface area contributed by atoms with E-state index in [1.807, 2.05) is 73.9 Å². The van der Waals surface area contributed by atoms with Gasteiger partial charge in [-0.3, -0.25) is 14.6 Å². The largest absolute Gasteiger partial charge is 0.495 e. The molecular weight excluding hydrogens is 1810 g/mol. The van der Waals surface area contributed by atoms with E-state index in [1.54, 1.807) is 51.6 Å². The van der Waals surface area contributed by atoms with Crippen LogP contribution in [0.25, 0.3) is 44.1 Å². The van der Waals surface area contributed by atoms with Crippen LogP contribution in [-0.2, 0) is 33.1 Å². The van der Waals surface area contributed by atoms with E-state index in [-0.39, 0.29) is 16.8 Å². The monoisotopic (exact) mass is 1930 g/mol. The summed E-state index contributed by atoms with van der Waals surface area (Å²) in [7, 11) is -4.44. The number of fused-ring (bicyclic) bond motifs is 4. The van der Waals surface area contributed by atoms with Gasteiger partial charge in [0.25, 0.3) is 0 Å². The third-order valence-electron chi connectivity index (χ3n) is 25.6. The summed E-state index contributed by atoms with van der Waals surface area (Å²) in [4.78, 5) is 68.5. The number of carbonyl (C=O) groups excluding carboxylic acids is 1. The third-order valence-corrected chi connectivity index (χ3v) is 36.5. The molecule has 8 aromatic heterocycles. The van der Waals surface area contributed by atoms with Crippen molar-refractivity contribution in [2.75, 3.05) is 180 Å². The van der Waals surface area contributed by atoms with Gasteiger partial charge in [0.2, 0.25) is 29.7 Å². The Morgan fingerprint density at radius 1 is 0.466 bits per heavy atom. The summed E-state index contributed by atoms with van der Waals surface area (Å²) in [6, 6.07) is 23.9. The maximum atomic E-state index is 13.8. The summed E-state index contributed by atoms with van der Waals surface area (Å²) in [6.07, 6.45) is 24.6. The van der Waals surface area contributed by atoms with Crippen LogP contribution >= 0.6 is 44.6 Å². The van der Waals surface area contributed by atoms with Crippen molar-refractivity contribution in [3.63, 3.8) is 0 Å². The zero-order chi connectivity index (χ0) is 93.6. The Balaban J connectivity index is 0.000000130. The van der Waals surface area contributed by atoms with E-state index in [0.29, 0.717) is 147 Å². The molecule has 1 atom stereocenters. The molecule has 133 heavy (non-hydrogen) atoms. The Hall–Kier alpha value is -10.5. The lowest BCUT2D eigenvalue weighted by Crippen LogP contribution is -2.39. The van der Waals surface area contributed by atoms with Crippen LogP contribution in [-0.4, -0.2) is 250 Å². The fourth-order valence-corrected chi connectivity index (χ4v) is 26.5. The van der Waals surface area contributed by atoms with Crippen molar-refractivity contribution in [2.24, 2.45) is 11.8 Å². The van der Waals surface area contributed by atoms with Gasteiger partial charge in [0.1, 0.15) is 90.3 Å². The third kappa shape index (κ3) is 22.7. The zero-order valence-corrected chi connectivity index (χ0v) is 82.5. The Kier molecular flexibility index (Phi) is 29.8. The molecule has 4 aliphatic heterocycles. The average molecular weight is 1930 g/mol. The Labute approximate surface area is 785 Å². The molecule has 3 aliphatic carbocycles. The zero-order valence-electron chi connectivity index (χ0n) is 77.5. The molecule has 12 heterocycles. The fourth-order valence-electron chi connectivity index (χ4n) is 17.6. The van der Waals surface area contributed by atoms with Gasteiger partial charge in [0.15, 0.2) is 9.84 Å². The molecule has 0 radical (unpaired) electrons. The van der Waals surface area contributed by atoms with Crippen LogP contribution in [0.4, 0.5) is 69.8 Å². The second kappa shape index (κ2) is 41.4. The van der Waals surface area contributed by atoms with Crippen molar-refractivity contribution in [2.45, 2.75) is 142 Å². The summed E-state index contributed by atoms with van der Waals surface area (Å²) in [6.45, 7) is 21.7. The second-order valence-corrected chi connectivity index (χ2v) is 48.7. The lowest BCUT2D eigenvalue weighted by atomic mass is 9.95. The van der Waals surface area contributed by atoms with E-state index in [9.17, 15) is 26.9 Å². The maximum Gasteiger partial charge on any atom is 0.231 e. The molecule has 710 valence electrons. The minimum absolute atomic E-state index is 0.0194. The van der Waals surface area contributed by atoms with Crippen LogP contribution in [0.3, 0.4) is 0 Å². The highest BCUT2D eigenvalue weighted by Crippen LogP contribution is 2.52. The molecule has 0 unspecified atom stereocenters. The van der Waals surface area contributed by atoms with Gasteiger partial charge < -0.3 is 105 Å². The molecule has 19 rings (SSSR count). The number of nitrogens with zero attached hydrogens (tertiary/aromatic N) is 11. The summed E-state index contributed by atoms with van der Waals surface area (Å²) in [5.41, 5.74) is 7.68. The number of aromatic nitrogens is 12. The number of anilines is 12. The molecule has 40 heteroatoms. The minimum Gasteiger partial charge on any atom is -0.495 e. The number of aromatic amines is 4. The summed E-state index contributed by atoms with van der Waals surface area (Å²) < 4.78 is 92.6. The molecule has 4 aromatic carbocycles. The van der Waals surface area contributed by atoms with Crippen molar-refractivity contribution in [3.05, 3.63) is 119 Å². The van der Waals surface area contributed by atoms with Crippen molar-refractivity contribution in [1.82, 2.24) is 74.5 Å². The normalized spacial score (nSPS) is 18.0. The van der Waals surface area contributed by atoms with Crippen LogP contribution in [0.15, 0.2) is 102 Å². The molecule has 7 aliphatic rings. The highest BCUT2D eigenvalue weighted by molar-refractivity contribution is 7.90. The highest BCUT2D eigenvalue weighted by Gasteiger charge is 2.40. The molecule has 3 saturated carbocycles. The van der Waals surface area contributed by atoms with Crippen molar-refractivity contribution in [3.8, 4) is 23.0 Å². The first kappa shape index (κ1) is 95.7. The number of H-pyrrole nitrogens is 4. The van der Waals surface area contributed by atoms with Crippen LogP contribution in [0.5, 0.6) is 23.0 Å². The molecule has 4 saturated heterocycles. The standard InChI is InChI=1S/C27H37N6O2P.C24H32ClN6O2P.C23H30ClN6O3P.C19H23N5O4S/c1-18-17-28-25-24(18)26(29-19-6-4-3-5-7-19)32-27(31-25)30-22-11-10-21(16-23(22)35-2)36(34)14-12-33(13-15-36)20-8-9-20;1-15(2)13-26-22-21-18(25)14-27-23(21)30-24(29-22)28-19-7-6-17(12-20(19)33-3)34(32)10-8-31(9-11-34)16-4-5-16;1-14(2)12-25-21-20-17(24)13-26-22(20)29-23(28-21)27-18-6-5-16(11-19(18)33-4)34(32)9-7-30(8-10-34)15(3)31;1-11-9-20-17-16(11)18(21-12-6-7-28-10-12)24-19(23-17)22-14-5-4-13(29(3,25)26)8-15(14)27-2/h10-11,16-17,19-20H,3-9,12-15H2,1-2H3,(H3,28,29,30,31,32);6-7,12,14-16H,4-5,8-11,13H2,1-3H3,(H3,26,27,28,29,30);5-6,11,13-14H,7-10,12H2,1-4H3,(H3,25,26,27,28,29);4-5,8-9,12H,6-7,10H2,1-3H3,(H3,20,21,22,23,24)/t;;;12-/m...0/s1. The van der Waals surface area contributed by atoms with Crippen molar-refractivity contribution in [1.29, 1.82) is 0 Å². The number of ether oxygens (including phenoxy) is 5. The first-order chi connectivity index (χ1) is 63.9. The Morgan fingerprint density at radius 3 is 1.17 bits per heavy atom. The second-order valence-electron chi connectivity index (χ2n) is 36.3. The maximum absolute atomic E-state index is 13.8. The topological polar surface area (TPSA) is 421 Å². The number of aryl methyl sites for hydroxylation is 2. The van der Waals surface area contributed by atoms with Gasteiger partial charge in [-0.2, -0.15) is 39.9 Å². The van der Waals surface area contributed by atoms with Crippen LogP contribution in [0.2, 0.25) is 10.0 Å². The summed E-state index contributed by atoms with van der Waals surface area (Å²) in [5.74, 6) is 7.72. The number of methoxy groups -OCH3 is 4. The SMILES string of the molecule is COc1cc(P2(=O)CCN(C(C)=O)CC2)ccc1Nc1nc(NCC(C)C)c2c(Cl)c[nH]c2n1.COc1cc(P2(=O)CCN(C3CC3)CC2)ccc1Nc1nc(NC2CCCCC2)c2c(C)c[nH]c2n1.COc1cc(P2(=O)CCN(C3CC3)CC2)ccc1Nc1nc(NCC(C)C)c2c(Cl)c[nH]c2n1.COc1cc(S(C)(=O)=O)ccc1Nc1nc(N[C@H]2CCOC2)c2c(C)c[nH]c2n1. The van der Waals surface area contributed by atoms with Crippen LogP contribution in [0.1, 0.15) is 110 Å². The predicted molar refractivity (Wildman–Crippen MR) is 536 cm³/mol. The number of halogens is 2. The Bertz CT molecular complexity index is 6460. The van der Waals surface area contributed by atoms with E-state index in [4.69, 9.17) is 56.9 Å². The molecular formula is C93H122Cl2N23O11P3S.